The molecule has 0 saturated carbocycles. The van der Waals surface area contributed by atoms with Crippen molar-refractivity contribution < 1.29 is 4.39 Å². The van der Waals surface area contributed by atoms with Crippen LogP contribution in [0.25, 0.3) is 5.69 Å². The molecule has 0 spiro atoms. The predicted octanol–water partition coefficient (Wildman–Crippen LogP) is 3.00. The second-order valence-corrected chi connectivity index (χ2v) is 4.51. The highest BCUT2D eigenvalue weighted by molar-refractivity contribution is 6.30. The fraction of sp³-hybridized carbons (Fsp3) is 0.143. The fourth-order valence-electron chi connectivity index (χ4n) is 1.80. The summed E-state index contributed by atoms with van der Waals surface area (Å²) >= 11 is 5.75. The summed E-state index contributed by atoms with van der Waals surface area (Å²) in [7, 11) is 0. The molecule has 3 nitrogen and oxygen atoms in total. The third-order valence-electron chi connectivity index (χ3n) is 2.77. The molecule has 0 fully saturated rings. The maximum atomic E-state index is 13.1. The molecule has 0 bridgehead atoms. The van der Waals surface area contributed by atoms with E-state index < -0.39 is 5.82 Å². The van der Waals surface area contributed by atoms with Crippen molar-refractivity contribution in [1.29, 1.82) is 5.26 Å². The highest BCUT2D eigenvalue weighted by Crippen LogP contribution is 2.19. The molecule has 0 atom stereocenters. The molecule has 1 aromatic carbocycles. The van der Waals surface area contributed by atoms with E-state index in [1.807, 2.05) is 6.07 Å². The quantitative estimate of drug-likeness (QED) is 0.846. The van der Waals surface area contributed by atoms with Gasteiger partial charge in [-0.2, -0.15) is 5.26 Å². The van der Waals surface area contributed by atoms with Crippen LogP contribution in [0, 0.1) is 24.1 Å². The third kappa shape index (κ3) is 2.67. The first-order valence-electron chi connectivity index (χ1n) is 5.57. The van der Waals surface area contributed by atoms with Crippen LogP contribution in [-0.4, -0.2) is 4.57 Å². The van der Waals surface area contributed by atoms with E-state index in [9.17, 15) is 9.18 Å². The number of halogens is 2. The summed E-state index contributed by atoms with van der Waals surface area (Å²) in [5.74, 6) is -0.499. The average Bonchev–Trinajstić information content (AvgIpc) is 2.36. The molecule has 1 aromatic heterocycles. The second kappa shape index (κ2) is 5.25. The molecule has 1 heterocycles. The van der Waals surface area contributed by atoms with Gasteiger partial charge in [-0.05, 0) is 25.1 Å². The van der Waals surface area contributed by atoms with Gasteiger partial charge in [-0.3, -0.25) is 4.79 Å². The Labute approximate surface area is 114 Å². The lowest BCUT2D eigenvalue weighted by Gasteiger charge is -2.12. The molecule has 0 N–H and O–H groups in total. The van der Waals surface area contributed by atoms with E-state index in [1.54, 1.807) is 23.8 Å². The molecular weight excluding hydrogens is 267 g/mol. The van der Waals surface area contributed by atoms with E-state index in [4.69, 9.17) is 16.9 Å². The summed E-state index contributed by atoms with van der Waals surface area (Å²) < 4.78 is 14.9. The Balaban J connectivity index is 2.61. The fourth-order valence-corrected chi connectivity index (χ4v) is 1.98. The van der Waals surface area contributed by atoms with E-state index in [-0.39, 0.29) is 16.9 Å². The van der Waals surface area contributed by atoms with Crippen LogP contribution in [0.1, 0.15) is 11.3 Å². The SMILES string of the molecule is Cc1cc(=O)c(CC#N)cn1-c1ccc(F)c(Cl)c1. The molecule has 5 heteroatoms. The second-order valence-electron chi connectivity index (χ2n) is 4.11. The number of nitriles is 1. The van der Waals surface area contributed by atoms with E-state index in [0.29, 0.717) is 16.9 Å². The van der Waals surface area contributed by atoms with Gasteiger partial charge in [-0.15, -0.1) is 0 Å². The van der Waals surface area contributed by atoms with Crippen molar-refractivity contribution in [2.24, 2.45) is 0 Å². The lowest BCUT2D eigenvalue weighted by atomic mass is 10.2. The van der Waals surface area contributed by atoms with Crippen LogP contribution in [0.15, 0.2) is 35.3 Å². The highest BCUT2D eigenvalue weighted by Gasteiger charge is 2.07. The molecule has 0 aliphatic heterocycles. The van der Waals surface area contributed by atoms with Crippen molar-refractivity contribution >= 4 is 11.6 Å². The molecule has 2 rings (SSSR count). The summed E-state index contributed by atoms with van der Waals surface area (Å²) in [6.07, 6.45) is 1.62. The summed E-state index contributed by atoms with van der Waals surface area (Å²) in [6, 6.07) is 7.70. The van der Waals surface area contributed by atoms with Gasteiger partial charge in [-0.1, -0.05) is 11.6 Å². The number of hydrogen-bond donors (Lipinski definition) is 0. The van der Waals surface area contributed by atoms with Crippen LogP contribution in [0.2, 0.25) is 5.02 Å². The summed E-state index contributed by atoms with van der Waals surface area (Å²) in [5, 5.41) is 8.70. The van der Waals surface area contributed by atoms with Gasteiger partial charge in [0.05, 0.1) is 17.5 Å². The van der Waals surface area contributed by atoms with Crippen LogP contribution in [0.5, 0.6) is 0 Å². The van der Waals surface area contributed by atoms with Gasteiger partial charge in [0.2, 0.25) is 0 Å². The number of hydrogen-bond acceptors (Lipinski definition) is 2. The molecule has 0 radical (unpaired) electrons. The minimum absolute atomic E-state index is 0.0115. The Morgan fingerprint density at radius 3 is 2.79 bits per heavy atom. The summed E-state index contributed by atoms with van der Waals surface area (Å²) in [6.45, 7) is 1.76. The Bertz CT molecular complexity index is 731. The number of pyridine rings is 1. The zero-order chi connectivity index (χ0) is 14.0. The van der Waals surface area contributed by atoms with E-state index in [0.717, 1.165) is 0 Å². The Morgan fingerprint density at radius 2 is 2.16 bits per heavy atom. The van der Waals surface area contributed by atoms with Gasteiger partial charge in [0.15, 0.2) is 5.43 Å². The van der Waals surface area contributed by atoms with Crippen molar-refractivity contribution in [3.8, 4) is 11.8 Å². The first-order chi connectivity index (χ1) is 9.02. The number of nitrogens with zero attached hydrogens (tertiary/aromatic N) is 2. The van der Waals surface area contributed by atoms with Crippen molar-refractivity contribution in [2.75, 3.05) is 0 Å². The van der Waals surface area contributed by atoms with Crippen LogP contribution in [0.4, 0.5) is 4.39 Å². The third-order valence-corrected chi connectivity index (χ3v) is 3.06. The van der Waals surface area contributed by atoms with E-state index >= 15 is 0 Å². The van der Waals surface area contributed by atoms with Crippen molar-refractivity contribution in [3.05, 3.63) is 62.8 Å². The van der Waals surface area contributed by atoms with Crippen LogP contribution in [-0.2, 0) is 6.42 Å². The van der Waals surface area contributed by atoms with Gasteiger partial charge < -0.3 is 4.57 Å². The zero-order valence-electron chi connectivity index (χ0n) is 10.2. The Kier molecular flexibility index (Phi) is 3.68. The maximum Gasteiger partial charge on any atom is 0.186 e. The minimum Gasteiger partial charge on any atom is -0.321 e. The first kappa shape index (κ1) is 13.3. The van der Waals surface area contributed by atoms with Crippen LogP contribution in [0.3, 0.4) is 0 Å². The van der Waals surface area contributed by atoms with E-state index in [1.165, 1.54) is 18.2 Å². The molecule has 0 aliphatic rings. The standard InChI is InChI=1S/C14H10ClFN2O/c1-9-6-14(19)10(4-5-17)8-18(9)11-2-3-13(16)12(15)7-11/h2-3,6-8H,4H2,1H3. The lowest BCUT2D eigenvalue weighted by Crippen LogP contribution is -2.13. The molecular formula is C14H10ClFN2O. The normalized spacial score (nSPS) is 10.2. The smallest absolute Gasteiger partial charge is 0.186 e. The number of aromatic nitrogens is 1. The Morgan fingerprint density at radius 1 is 1.42 bits per heavy atom. The zero-order valence-corrected chi connectivity index (χ0v) is 10.9. The van der Waals surface area contributed by atoms with Crippen molar-refractivity contribution in [3.63, 3.8) is 0 Å². The van der Waals surface area contributed by atoms with Gasteiger partial charge in [-0.25, -0.2) is 4.39 Å². The van der Waals surface area contributed by atoms with Crippen molar-refractivity contribution in [2.45, 2.75) is 13.3 Å². The largest absolute Gasteiger partial charge is 0.321 e. The first-order valence-corrected chi connectivity index (χ1v) is 5.95. The maximum absolute atomic E-state index is 13.1. The van der Waals surface area contributed by atoms with Crippen LogP contribution < -0.4 is 5.43 Å². The van der Waals surface area contributed by atoms with Gasteiger partial charge >= 0.3 is 0 Å². The minimum atomic E-state index is -0.499. The average molecular weight is 277 g/mol. The molecule has 0 amide bonds. The molecule has 19 heavy (non-hydrogen) atoms. The van der Waals surface area contributed by atoms with Gasteiger partial charge in [0.1, 0.15) is 5.82 Å². The van der Waals surface area contributed by atoms with Crippen LogP contribution >= 0.6 is 11.6 Å². The number of aryl methyl sites for hydroxylation is 1. The van der Waals surface area contributed by atoms with Gasteiger partial charge in [0.25, 0.3) is 0 Å². The molecule has 0 saturated heterocycles. The van der Waals surface area contributed by atoms with Crippen molar-refractivity contribution in [1.82, 2.24) is 4.57 Å². The van der Waals surface area contributed by atoms with Gasteiger partial charge in [0, 0.05) is 29.2 Å². The van der Waals surface area contributed by atoms with E-state index in [2.05, 4.69) is 0 Å². The summed E-state index contributed by atoms with van der Waals surface area (Å²) in [4.78, 5) is 11.7. The number of benzene rings is 1. The predicted molar refractivity (Wildman–Crippen MR) is 71.1 cm³/mol. The number of rotatable bonds is 2. The topological polar surface area (TPSA) is 45.8 Å². The lowest BCUT2D eigenvalue weighted by molar-refractivity contribution is 0.627. The molecule has 2 aromatic rings. The summed E-state index contributed by atoms with van der Waals surface area (Å²) in [5.41, 5.74) is 1.55. The molecule has 96 valence electrons. The molecule has 0 aliphatic carbocycles. The monoisotopic (exact) mass is 276 g/mol. The Hall–Kier alpha value is -2.12. The highest BCUT2D eigenvalue weighted by atomic mass is 35.5. The molecule has 0 unspecified atom stereocenters.